The van der Waals surface area contributed by atoms with Crippen molar-refractivity contribution in [3.8, 4) is 0 Å². The monoisotopic (exact) mass is 238 g/mol. The van der Waals surface area contributed by atoms with Crippen LogP contribution in [0.3, 0.4) is 0 Å². The lowest BCUT2D eigenvalue weighted by atomic mass is 9.96. The fraction of sp³-hybridized carbons (Fsp3) is 0.667. The first-order valence-electron chi connectivity index (χ1n) is 6.38. The molecule has 0 radical (unpaired) electrons. The molecule has 0 aliphatic heterocycles. The second-order valence-electron chi connectivity index (χ2n) is 5.13. The summed E-state index contributed by atoms with van der Waals surface area (Å²) in [5.41, 5.74) is 0.938. The summed E-state index contributed by atoms with van der Waals surface area (Å²) in [5.74, 6) is 1.20. The molecule has 0 aromatic rings. The third-order valence-corrected chi connectivity index (χ3v) is 2.70. The predicted molar refractivity (Wildman–Crippen MR) is 72.8 cm³/mol. The van der Waals surface area contributed by atoms with Crippen LogP contribution in [0.1, 0.15) is 47.0 Å². The number of hydrogen-bond acceptors (Lipinski definition) is 2. The standard InChI is InChI=1S/C15H26O2/c1-12(2)9-10-13(3)7-6-8-14(4)11-15(16)17-5/h6,8,11-13H,7,9-10H2,1-5H3/b8-6+,14-11+. The average Bonchev–Trinajstić information content (AvgIpc) is 2.26. The van der Waals surface area contributed by atoms with Crippen molar-refractivity contribution in [2.45, 2.75) is 47.0 Å². The quantitative estimate of drug-likeness (QED) is 0.379. The molecule has 0 fully saturated rings. The molecular weight excluding hydrogens is 212 g/mol. The summed E-state index contributed by atoms with van der Waals surface area (Å²) < 4.78 is 4.56. The molecule has 0 bridgehead atoms. The van der Waals surface area contributed by atoms with Crippen LogP contribution in [-0.4, -0.2) is 13.1 Å². The molecule has 0 amide bonds. The zero-order chi connectivity index (χ0) is 13.3. The molecular formula is C15H26O2. The Morgan fingerprint density at radius 3 is 2.41 bits per heavy atom. The molecule has 17 heavy (non-hydrogen) atoms. The molecule has 0 N–H and O–H groups in total. The van der Waals surface area contributed by atoms with Gasteiger partial charge in [0.25, 0.3) is 0 Å². The molecule has 0 aliphatic rings. The molecule has 0 saturated carbocycles. The maximum atomic E-state index is 11.0. The summed E-state index contributed by atoms with van der Waals surface area (Å²) in [4.78, 5) is 11.0. The Labute approximate surface area is 106 Å². The van der Waals surface area contributed by atoms with Crippen molar-refractivity contribution < 1.29 is 9.53 Å². The van der Waals surface area contributed by atoms with Crippen LogP contribution in [0.4, 0.5) is 0 Å². The zero-order valence-corrected chi connectivity index (χ0v) is 11.8. The van der Waals surface area contributed by atoms with E-state index < -0.39 is 0 Å². The second-order valence-corrected chi connectivity index (χ2v) is 5.13. The summed E-state index contributed by atoms with van der Waals surface area (Å²) in [7, 11) is 1.39. The van der Waals surface area contributed by atoms with Crippen LogP contribution in [0.15, 0.2) is 23.8 Å². The van der Waals surface area contributed by atoms with Gasteiger partial charge in [0, 0.05) is 6.08 Å². The Balaban J connectivity index is 3.93. The topological polar surface area (TPSA) is 26.3 Å². The lowest BCUT2D eigenvalue weighted by Crippen LogP contribution is -1.97. The van der Waals surface area contributed by atoms with E-state index in [1.165, 1.54) is 26.0 Å². The normalized spacial score (nSPS) is 14.4. The number of carbonyl (C=O) groups is 1. The fourth-order valence-electron chi connectivity index (χ4n) is 1.51. The number of hydrogen-bond donors (Lipinski definition) is 0. The van der Waals surface area contributed by atoms with Crippen LogP contribution < -0.4 is 0 Å². The van der Waals surface area contributed by atoms with Gasteiger partial charge in [-0.2, -0.15) is 0 Å². The van der Waals surface area contributed by atoms with Crippen molar-refractivity contribution in [2.24, 2.45) is 11.8 Å². The van der Waals surface area contributed by atoms with Crippen molar-refractivity contribution in [3.63, 3.8) is 0 Å². The van der Waals surface area contributed by atoms with E-state index in [-0.39, 0.29) is 5.97 Å². The molecule has 0 saturated heterocycles. The van der Waals surface area contributed by atoms with Crippen LogP contribution in [0.25, 0.3) is 0 Å². The van der Waals surface area contributed by atoms with Gasteiger partial charge in [-0.25, -0.2) is 4.79 Å². The summed E-state index contributed by atoms with van der Waals surface area (Å²) in [5, 5.41) is 0. The van der Waals surface area contributed by atoms with E-state index in [1.54, 1.807) is 0 Å². The molecule has 1 unspecified atom stereocenters. The number of carbonyl (C=O) groups excluding carboxylic acids is 1. The maximum absolute atomic E-state index is 11.0. The molecule has 0 aliphatic carbocycles. The number of allylic oxidation sites excluding steroid dienone is 3. The van der Waals surface area contributed by atoms with Crippen LogP contribution in [0.2, 0.25) is 0 Å². The minimum absolute atomic E-state index is 0.292. The number of methoxy groups -OCH3 is 1. The van der Waals surface area contributed by atoms with Crippen LogP contribution in [-0.2, 0) is 9.53 Å². The SMILES string of the molecule is COC(=O)/C=C(C)/C=C/CC(C)CCC(C)C. The van der Waals surface area contributed by atoms with Crippen molar-refractivity contribution in [1.29, 1.82) is 0 Å². The smallest absolute Gasteiger partial charge is 0.330 e. The molecule has 0 heterocycles. The molecule has 2 heteroatoms. The zero-order valence-electron chi connectivity index (χ0n) is 11.8. The van der Waals surface area contributed by atoms with Gasteiger partial charge in [0.05, 0.1) is 7.11 Å². The lowest BCUT2D eigenvalue weighted by molar-refractivity contribution is -0.134. The first-order valence-corrected chi connectivity index (χ1v) is 6.38. The van der Waals surface area contributed by atoms with E-state index in [9.17, 15) is 4.79 Å². The highest BCUT2D eigenvalue weighted by Crippen LogP contribution is 2.15. The van der Waals surface area contributed by atoms with Gasteiger partial charge in [-0.1, -0.05) is 45.8 Å². The van der Waals surface area contributed by atoms with Crippen LogP contribution in [0.5, 0.6) is 0 Å². The number of ether oxygens (including phenoxy) is 1. The highest BCUT2D eigenvalue weighted by Gasteiger charge is 2.01. The van der Waals surface area contributed by atoms with Crippen molar-refractivity contribution in [2.75, 3.05) is 7.11 Å². The van der Waals surface area contributed by atoms with E-state index >= 15 is 0 Å². The fourth-order valence-corrected chi connectivity index (χ4v) is 1.51. The third kappa shape index (κ3) is 9.86. The summed E-state index contributed by atoms with van der Waals surface area (Å²) in [6.45, 7) is 8.69. The predicted octanol–water partition coefficient (Wildman–Crippen LogP) is 4.12. The van der Waals surface area contributed by atoms with Gasteiger partial charge >= 0.3 is 5.97 Å². The maximum Gasteiger partial charge on any atom is 0.330 e. The largest absolute Gasteiger partial charge is 0.466 e. The molecule has 1 atom stereocenters. The average molecular weight is 238 g/mol. The van der Waals surface area contributed by atoms with Gasteiger partial charge in [0.2, 0.25) is 0 Å². The minimum atomic E-state index is -0.292. The Kier molecular flexibility index (Phi) is 8.47. The number of rotatable bonds is 7. The van der Waals surface area contributed by atoms with Crippen LogP contribution >= 0.6 is 0 Å². The molecule has 98 valence electrons. The van der Waals surface area contributed by atoms with E-state index in [0.29, 0.717) is 5.92 Å². The Morgan fingerprint density at radius 1 is 1.24 bits per heavy atom. The first-order chi connectivity index (χ1) is 7.95. The van der Waals surface area contributed by atoms with Gasteiger partial charge in [0.1, 0.15) is 0 Å². The second kappa shape index (κ2) is 9.03. The van der Waals surface area contributed by atoms with Gasteiger partial charge in [-0.15, -0.1) is 0 Å². The van der Waals surface area contributed by atoms with Gasteiger partial charge in [0.15, 0.2) is 0 Å². The first kappa shape index (κ1) is 16.0. The van der Waals surface area contributed by atoms with E-state index in [0.717, 1.165) is 17.9 Å². The van der Waals surface area contributed by atoms with Crippen molar-refractivity contribution in [1.82, 2.24) is 0 Å². The molecule has 0 aromatic carbocycles. The molecule has 0 aromatic heterocycles. The van der Waals surface area contributed by atoms with E-state index in [4.69, 9.17) is 0 Å². The Bertz CT molecular complexity index is 275. The van der Waals surface area contributed by atoms with Crippen molar-refractivity contribution >= 4 is 5.97 Å². The van der Waals surface area contributed by atoms with E-state index in [2.05, 4.69) is 31.6 Å². The van der Waals surface area contributed by atoms with Gasteiger partial charge in [-0.05, 0) is 30.8 Å². The van der Waals surface area contributed by atoms with Gasteiger partial charge < -0.3 is 4.74 Å². The van der Waals surface area contributed by atoms with E-state index in [1.807, 2.05) is 13.0 Å². The summed E-state index contributed by atoms with van der Waals surface area (Å²) >= 11 is 0. The van der Waals surface area contributed by atoms with Crippen LogP contribution in [0, 0.1) is 11.8 Å². The Morgan fingerprint density at radius 2 is 1.88 bits per heavy atom. The highest BCUT2D eigenvalue weighted by molar-refractivity contribution is 5.83. The Hall–Kier alpha value is -1.05. The number of esters is 1. The minimum Gasteiger partial charge on any atom is -0.466 e. The summed E-state index contributed by atoms with van der Waals surface area (Å²) in [6, 6.07) is 0. The summed E-state index contributed by atoms with van der Waals surface area (Å²) in [6.07, 6.45) is 9.25. The third-order valence-electron chi connectivity index (χ3n) is 2.70. The van der Waals surface area contributed by atoms with Crippen molar-refractivity contribution in [3.05, 3.63) is 23.8 Å². The molecule has 0 spiro atoms. The highest BCUT2D eigenvalue weighted by atomic mass is 16.5. The van der Waals surface area contributed by atoms with Gasteiger partial charge in [-0.3, -0.25) is 0 Å². The lowest BCUT2D eigenvalue weighted by Gasteiger charge is -2.10. The molecule has 0 rings (SSSR count). The molecule has 2 nitrogen and oxygen atoms in total.